The normalized spacial score (nSPS) is 10.3. The summed E-state index contributed by atoms with van der Waals surface area (Å²) < 4.78 is 0.683. The molecule has 0 aliphatic carbocycles. The molecule has 1 heterocycles. The second-order valence-electron chi connectivity index (χ2n) is 5.15. The third-order valence-electron chi connectivity index (χ3n) is 3.48. The first-order valence-corrected chi connectivity index (χ1v) is 9.23. The Kier molecular flexibility index (Phi) is 5.49. The summed E-state index contributed by atoms with van der Waals surface area (Å²) in [5.41, 5.74) is 2.83. The van der Waals surface area contributed by atoms with Crippen LogP contribution < -0.4 is 4.90 Å². The summed E-state index contributed by atoms with van der Waals surface area (Å²) in [5, 5.41) is 10.3. The van der Waals surface area contributed by atoms with E-state index in [1.807, 2.05) is 41.3 Å². The van der Waals surface area contributed by atoms with Crippen LogP contribution in [0, 0.1) is 11.3 Å². The number of hydrogen-bond acceptors (Lipinski definition) is 5. The first-order valence-electron chi connectivity index (χ1n) is 7.24. The van der Waals surface area contributed by atoms with Gasteiger partial charge in [0.1, 0.15) is 9.48 Å². The van der Waals surface area contributed by atoms with Crippen LogP contribution in [0.25, 0.3) is 0 Å². The van der Waals surface area contributed by atoms with Crippen LogP contribution in [-0.2, 0) is 6.54 Å². The lowest BCUT2D eigenvalue weighted by molar-refractivity contribution is 0.111. The summed E-state index contributed by atoms with van der Waals surface area (Å²) in [7, 11) is 0. The molecular weight excluding hydrogens is 422 g/mol. The zero-order chi connectivity index (χ0) is 17.8. The number of carbonyl (C=O) groups excluding carboxylic acids is 1. The van der Waals surface area contributed by atoms with E-state index in [0.29, 0.717) is 31.7 Å². The molecule has 2 aromatic carbocycles. The highest BCUT2D eigenvalue weighted by molar-refractivity contribution is 9.11. The van der Waals surface area contributed by atoms with Crippen LogP contribution in [0.5, 0.6) is 0 Å². The van der Waals surface area contributed by atoms with E-state index in [1.165, 1.54) is 11.3 Å². The monoisotopic (exact) mass is 431 g/mol. The van der Waals surface area contributed by atoms with E-state index in [1.54, 1.807) is 12.1 Å². The Morgan fingerprint density at radius 1 is 1.28 bits per heavy atom. The molecule has 0 aliphatic rings. The van der Waals surface area contributed by atoms with Gasteiger partial charge in [0.25, 0.3) is 0 Å². The Morgan fingerprint density at radius 2 is 2.04 bits per heavy atom. The number of carbonyl (C=O) groups is 1. The number of aldehydes is 1. The van der Waals surface area contributed by atoms with Crippen LogP contribution >= 0.6 is 38.9 Å². The fraction of sp³-hybridized carbons (Fsp3) is 0.0556. The number of aromatic nitrogens is 1. The van der Waals surface area contributed by atoms with E-state index in [-0.39, 0.29) is 0 Å². The minimum absolute atomic E-state index is 0.365. The van der Waals surface area contributed by atoms with Crippen LogP contribution in [-0.4, -0.2) is 11.3 Å². The highest BCUT2D eigenvalue weighted by Gasteiger charge is 2.17. The Hall–Kier alpha value is -2.20. The van der Waals surface area contributed by atoms with E-state index in [9.17, 15) is 4.79 Å². The fourth-order valence-corrected chi connectivity index (χ4v) is 3.91. The Bertz CT molecular complexity index is 950. The van der Waals surface area contributed by atoms with Crippen molar-refractivity contribution in [3.05, 3.63) is 74.2 Å². The van der Waals surface area contributed by atoms with Crippen LogP contribution in [0.3, 0.4) is 0 Å². The molecule has 0 atom stereocenters. The largest absolute Gasteiger partial charge is 0.313 e. The average molecular weight is 433 g/mol. The maximum absolute atomic E-state index is 11.1. The molecule has 0 fully saturated rings. The molecular formula is C18H11BrClN3OS. The predicted molar refractivity (Wildman–Crippen MR) is 104 cm³/mol. The molecule has 0 spiro atoms. The van der Waals surface area contributed by atoms with Gasteiger partial charge in [-0.25, -0.2) is 4.98 Å². The molecule has 0 saturated heterocycles. The van der Waals surface area contributed by atoms with Gasteiger partial charge in [0.2, 0.25) is 0 Å². The van der Waals surface area contributed by atoms with Gasteiger partial charge in [0.05, 0.1) is 18.2 Å². The molecule has 4 nitrogen and oxygen atoms in total. The Balaban J connectivity index is 2.03. The van der Waals surface area contributed by atoms with Gasteiger partial charge in [-0.1, -0.05) is 35.1 Å². The van der Waals surface area contributed by atoms with Gasteiger partial charge in [0.15, 0.2) is 11.4 Å². The molecule has 25 heavy (non-hydrogen) atoms. The van der Waals surface area contributed by atoms with E-state index in [0.717, 1.165) is 17.5 Å². The Labute approximate surface area is 162 Å². The standard InChI is InChI=1S/C18H11BrClN3OS/c19-17-16(11-24)22-18(25-17)23(10-13-2-1-3-14(20)8-13)15-6-4-12(9-21)5-7-15/h1-8,11H,10H2. The van der Waals surface area contributed by atoms with E-state index >= 15 is 0 Å². The van der Waals surface area contributed by atoms with Crippen molar-refractivity contribution in [1.82, 2.24) is 4.98 Å². The van der Waals surface area contributed by atoms with Crippen molar-refractivity contribution in [3.8, 4) is 6.07 Å². The lowest BCUT2D eigenvalue weighted by Gasteiger charge is -2.22. The lowest BCUT2D eigenvalue weighted by Crippen LogP contribution is -2.16. The molecule has 0 amide bonds. The van der Waals surface area contributed by atoms with Crippen LogP contribution in [0.2, 0.25) is 5.02 Å². The molecule has 3 aromatic rings. The second-order valence-corrected chi connectivity index (χ2v) is 7.88. The number of halogens is 2. The van der Waals surface area contributed by atoms with E-state index in [4.69, 9.17) is 16.9 Å². The van der Waals surface area contributed by atoms with Gasteiger partial charge in [-0.2, -0.15) is 5.26 Å². The van der Waals surface area contributed by atoms with Gasteiger partial charge >= 0.3 is 0 Å². The molecule has 0 N–H and O–H groups in total. The maximum Gasteiger partial charge on any atom is 0.191 e. The first kappa shape index (κ1) is 17.6. The summed E-state index contributed by atoms with van der Waals surface area (Å²) in [6.45, 7) is 0.532. The summed E-state index contributed by atoms with van der Waals surface area (Å²) in [6, 6.07) is 16.9. The van der Waals surface area contributed by atoms with Crippen molar-refractivity contribution >= 4 is 56.0 Å². The molecule has 1 aromatic heterocycles. The molecule has 0 aliphatic heterocycles. The van der Waals surface area contributed by atoms with Crippen molar-refractivity contribution in [2.24, 2.45) is 0 Å². The van der Waals surface area contributed by atoms with E-state index in [2.05, 4.69) is 27.0 Å². The fourth-order valence-electron chi connectivity index (χ4n) is 2.29. The molecule has 7 heteroatoms. The third kappa shape index (κ3) is 4.07. The van der Waals surface area contributed by atoms with Crippen molar-refractivity contribution < 1.29 is 4.79 Å². The van der Waals surface area contributed by atoms with Crippen molar-refractivity contribution in [1.29, 1.82) is 5.26 Å². The molecule has 0 saturated carbocycles. The van der Waals surface area contributed by atoms with Gasteiger partial charge in [-0.05, 0) is 57.9 Å². The molecule has 0 radical (unpaired) electrons. The third-order valence-corrected chi connectivity index (χ3v) is 5.49. The van der Waals surface area contributed by atoms with Gasteiger partial charge in [0, 0.05) is 10.7 Å². The molecule has 0 bridgehead atoms. The molecule has 3 rings (SSSR count). The van der Waals surface area contributed by atoms with Crippen molar-refractivity contribution in [2.45, 2.75) is 6.54 Å². The summed E-state index contributed by atoms with van der Waals surface area (Å²) in [6.07, 6.45) is 0.723. The first-order chi connectivity index (χ1) is 12.1. The highest BCUT2D eigenvalue weighted by Crippen LogP contribution is 2.35. The second kappa shape index (κ2) is 7.79. The van der Waals surface area contributed by atoms with Gasteiger partial charge < -0.3 is 4.90 Å². The smallest absolute Gasteiger partial charge is 0.191 e. The molecule has 124 valence electrons. The summed E-state index contributed by atoms with van der Waals surface area (Å²) >= 11 is 10.8. The molecule has 0 unspecified atom stereocenters. The minimum atomic E-state index is 0.365. The maximum atomic E-state index is 11.1. The van der Waals surface area contributed by atoms with Crippen molar-refractivity contribution in [3.63, 3.8) is 0 Å². The average Bonchev–Trinajstić information content (AvgIpc) is 3.00. The topological polar surface area (TPSA) is 57.0 Å². The number of thiazole rings is 1. The SMILES string of the molecule is N#Cc1ccc(N(Cc2cccc(Cl)c2)c2nc(C=O)c(Br)s2)cc1. The van der Waals surface area contributed by atoms with Crippen LogP contribution in [0.1, 0.15) is 21.6 Å². The quantitative estimate of drug-likeness (QED) is 0.494. The van der Waals surface area contributed by atoms with E-state index < -0.39 is 0 Å². The highest BCUT2D eigenvalue weighted by atomic mass is 79.9. The lowest BCUT2D eigenvalue weighted by atomic mass is 10.2. The summed E-state index contributed by atoms with van der Waals surface area (Å²) in [4.78, 5) is 17.5. The van der Waals surface area contributed by atoms with Crippen LogP contribution in [0.15, 0.2) is 52.3 Å². The van der Waals surface area contributed by atoms with Gasteiger partial charge in [-0.15, -0.1) is 0 Å². The number of benzene rings is 2. The zero-order valence-electron chi connectivity index (χ0n) is 12.8. The van der Waals surface area contributed by atoms with Gasteiger partial charge in [-0.3, -0.25) is 4.79 Å². The van der Waals surface area contributed by atoms with Crippen LogP contribution in [0.4, 0.5) is 10.8 Å². The zero-order valence-corrected chi connectivity index (χ0v) is 16.0. The summed E-state index contributed by atoms with van der Waals surface area (Å²) in [5.74, 6) is 0. The number of rotatable bonds is 5. The number of anilines is 2. The minimum Gasteiger partial charge on any atom is -0.313 e. The number of hydrogen-bond donors (Lipinski definition) is 0. The number of nitrogens with zero attached hydrogens (tertiary/aromatic N) is 3. The predicted octanol–water partition coefficient (Wildman–Crippen LogP) is 5.58. The Morgan fingerprint density at radius 3 is 2.64 bits per heavy atom. The number of nitriles is 1. The van der Waals surface area contributed by atoms with Crippen molar-refractivity contribution in [2.75, 3.05) is 4.90 Å².